The Morgan fingerprint density at radius 1 is 1.44 bits per heavy atom. The van der Waals surface area contributed by atoms with Crippen LogP contribution in [-0.4, -0.2) is 57.9 Å². The lowest BCUT2D eigenvalue weighted by Gasteiger charge is -2.37. The molecule has 0 unspecified atom stereocenters. The fourth-order valence-corrected chi connectivity index (χ4v) is 2.05. The van der Waals surface area contributed by atoms with Crippen LogP contribution < -0.4 is 5.32 Å². The first-order chi connectivity index (χ1) is 8.61. The van der Waals surface area contributed by atoms with Gasteiger partial charge in [-0.05, 0) is 12.1 Å². The molecule has 0 aliphatic carbocycles. The molecule has 2 heterocycles. The minimum atomic E-state index is -1.13. The number of anilines is 1. The van der Waals surface area contributed by atoms with Gasteiger partial charge in [-0.1, -0.05) is 11.6 Å². The molecule has 100 valence electrons. The molecule has 1 aliphatic rings. The van der Waals surface area contributed by atoms with E-state index in [1.54, 1.807) is 12.1 Å². The number of nitrogens with one attached hydrogen (secondary N) is 1. The molecule has 7 heteroatoms. The van der Waals surface area contributed by atoms with Crippen LogP contribution >= 0.6 is 11.6 Å². The predicted molar refractivity (Wildman–Crippen MR) is 65.5 cm³/mol. The van der Waals surface area contributed by atoms with Crippen LogP contribution in [0.25, 0.3) is 0 Å². The number of aliphatic hydroxyl groups excluding tert-OH is 3. The van der Waals surface area contributed by atoms with E-state index in [9.17, 15) is 10.2 Å². The average molecular weight is 275 g/mol. The van der Waals surface area contributed by atoms with Crippen molar-refractivity contribution in [2.24, 2.45) is 0 Å². The summed E-state index contributed by atoms with van der Waals surface area (Å²) in [5.41, 5.74) is 0.678. The summed E-state index contributed by atoms with van der Waals surface area (Å²) in [6, 6.07) is 2.84. The third-order valence-electron chi connectivity index (χ3n) is 2.89. The maximum absolute atomic E-state index is 9.92. The molecule has 18 heavy (non-hydrogen) atoms. The predicted octanol–water partition coefficient (Wildman–Crippen LogP) is -0.372. The molecule has 1 saturated heterocycles. The Kier molecular flexibility index (Phi) is 4.36. The number of ether oxygens (including phenoxy) is 1. The lowest BCUT2D eigenvalue weighted by Crippen LogP contribution is -2.56. The van der Waals surface area contributed by atoms with E-state index in [2.05, 4.69) is 10.3 Å². The minimum absolute atomic E-state index is 0.184. The number of aliphatic hydroxyl groups is 3. The molecule has 0 amide bonds. The third-order valence-corrected chi connectivity index (χ3v) is 3.10. The van der Waals surface area contributed by atoms with Crippen LogP contribution in [0.5, 0.6) is 0 Å². The summed E-state index contributed by atoms with van der Waals surface area (Å²) in [6.45, 7) is -0.143. The minimum Gasteiger partial charge on any atom is -0.394 e. The first-order valence-corrected chi connectivity index (χ1v) is 5.96. The first kappa shape index (κ1) is 13.5. The molecule has 2 rings (SSSR count). The van der Waals surface area contributed by atoms with E-state index in [1.165, 1.54) is 6.20 Å². The number of pyridine rings is 1. The molecule has 0 saturated carbocycles. The molecule has 1 fully saturated rings. The first-order valence-electron chi connectivity index (χ1n) is 5.58. The zero-order valence-electron chi connectivity index (χ0n) is 9.53. The highest BCUT2D eigenvalue weighted by atomic mass is 35.5. The molecular formula is C11H15ClN2O4. The fourth-order valence-electron chi connectivity index (χ4n) is 1.88. The quantitative estimate of drug-likeness (QED) is 0.562. The van der Waals surface area contributed by atoms with Crippen molar-refractivity contribution in [1.29, 1.82) is 0 Å². The number of hydrogen-bond acceptors (Lipinski definition) is 6. The summed E-state index contributed by atoms with van der Waals surface area (Å²) < 4.78 is 5.25. The monoisotopic (exact) mass is 274 g/mol. The second-order valence-electron chi connectivity index (χ2n) is 4.15. The van der Waals surface area contributed by atoms with Gasteiger partial charge in [0.1, 0.15) is 23.5 Å². The SMILES string of the molecule is OC[C@H]1OC[C@H](Nc2ccnc(Cl)c2)[C@@H](O)[C@H]1O. The zero-order valence-corrected chi connectivity index (χ0v) is 10.3. The zero-order chi connectivity index (χ0) is 13.1. The Balaban J connectivity index is 2.02. The molecule has 6 nitrogen and oxygen atoms in total. The summed E-state index contributed by atoms with van der Waals surface area (Å²) in [5.74, 6) is 0. The van der Waals surface area contributed by atoms with Crippen LogP contribution in [0.15, 0.2) is 18.3 Å². The van der Waals surface area contributed by atoms with Gasteiger partial charge in [0, 0.05) is 11.9 Å². The van der Waals surface area contributed by atoms with E-state index < -0.39 is 24.4 Å². The van der Waals surface area contributed by atoms with Gasteiger partial charge in [-0.3, -0.25) is 0 Å². The van der Waals surface area contributed by atoms with Gasteiger partial charge >= 0.3 is 0 Å². The van der Waals surface area contributed by atoms with E-state index in [0.29, 0.717) is 10.8 Å². The number of nitrogens with zero attached hydrogens (tertiary/aromatic N) is 1. The number of aromatic nitrogens is 1. The van der Waals surface area contributed by atoms with Crippen LogP contribution in [0.1, 0.15) is 0 Å². The molecule has 1 aromatic rings. The summed E-state index contributed by atoms with van der Waals surface area (Å²) in [5, 5.41) is 31.9. The van der Waals surface area contributed by atoms with Crippen LogP contribution in [0, 0.1) is 0 Å². The molecule has 4 atom stereocenters. The van der Waals surface area contributed by atoms with Gasteiger partial charge in [-0.15, -0.1) is 0 Å². The maximum Gasteiger partial charge on any atom is 0.131 e. The third kappa shape index (κ3) is 2.90. The van der Waals surface area contributed by atoms with Gasteiger partial charge in [0.25, 0.3) is 0 Å². The molecular weight excluding hydrogens is 260 g/mol. The van der Waals surface area contributed by atoms with Crippen molar-refractivity contribution in [3.63, 3.8) is 0 Å². The van der Waals surface area contributed by atoms with E-state index in [0.717, 1.165) is 0 Å². The molecule has 0 bridgehead atoms. The maximum atomic E-state index is 9.92. The summed E-state index contributed by atoms with van der Waals surface area (Å²) in [6.07, 6.45) is -1.37. The van der Waals surface area contributed by atoms with Gasteiger partial charge in [0.2, 0.25) is 0 Å². The van der Waals surface area contributed by atoms with Crippen molar-refractivity contribution in [2.45, 2.75) is 24.4 Å². The number of rotatable bonds is 3. The Morgan fingerprint density at radius 3 is 2.89 bits per heavy atom. The molecule has 0 aromatic carbocycles. The smallest absolute Gasteiger partial charge is 0.131 e. The topological polar surface area (TPSA) is 94.8 Å². The van der Waals surface area contributed by atoms with Crippen molar-refractivity contribution >= 4 is 17.3 Å². The molecule has 4 N–H and O–H groups in total. The lowest BCUT2D eigenvalue weighted by atomic mass is 9.98. The van der Waals surface area contributed by atoms with Gasteiger partial charge < -0.3 is 25.4 Å². The number of hydrogen-bond donors (Lipinski definition) is 4. The molecule has 1 aliphatic heterocycles. The largest absolute Gasteiger partial charge is 0.394 e. The van der Waals surface area contributed by atoms with E-state index >= 15 is 0 Å². The van der Waals surface area contributed by atoms with Crippen molar-refractivity contribution in [3.8, 4) is 0 Å². The van der Waals surface area contributed by atoms with Gasteiger partial charge in [0.15, 0.2) is 0 Å². The molecule has 1 aromatic heterocycles. The standard InChI is InChI=1S/C11H15ClN2O4/c12-9-3-6(1-2-13-9)14-7-5-18-8(4-15)11(17)10(7)16/h1-3,7-8,10-11,15-17H,4-5H2,(H,13,14)/t7-,8+,10+,11-/m0/s1. The Labute approximate surface area is 109 Å². The van der Waals surface area contributed by atoms with E-state index in [4.69, 9.17) is 21.4 Å². The highest BCUT2D eigenvalue weighted by Gasteiger charge is 2.37. The van der Waals surface area contributed by atoms with Crippen molar-refractivity contribution < 1.29 is 20.1 Å². The van der Waals surface area contributed by atoms with Crippen molar-refractivity contribution in [1.82, 2.24) is 4.98 Å². The second kappa shape index (κ2) is 5.81. The Hall–Kier alpha value is -0.920. The normalized spacial score (nSPS) is 32.2. The summed E-state index contributed by atoms with van der Waals surface area (Å²) in [4.78, 5) is 3.84. The van der Waals surface area contributed by atoms with Crippen LogP contribution in [0.4, 0.5) is 5.69 Å². The van der Waals surface area contributed by atoms with Gasteiger partial charge in [-0.2, -0.15) is 0 Å². The van der Waals surface area contributed by atoms with Crippen molar-refractivity contribution in [2.75, 3.05) is 18.5 Å². The van der Waals surface area contributed by atoms with E-state index in [-0.39, 0.29) is 13.2 Å². The van der Waals surface area contributed by atoms with Crippen LogP contribution in [0.2, 0.25) is 5.15 Å². The molecule has 0 radical (unpaired) electrons. The van der Waals surface area contributed by atoms with E-state index in [1.807, 2.05) is 0 Å². The summed E-state index contributed by atoms with van der Waals surface area (Å²) in [7, 11) is 0. The van der Waals surface area contributed by atoms with Crippen LogP contribution in [-0.2, 0) is 4.74 Å². The highest BCUT2D eigenvalue weighted by molar-refractivity contribution is 6.29. The molecule has 0 spiro atoms. The Bertz CT molecular complexity index is 406. The fraction of sp³-hybridized carbons (Fsp3) is 0.545. The average Bonchev–Trinajstić information content (AvgIpc) is 2.35. The number of halogens is 1. The lowest BCUT2D eigenvalue weighted by molar-refractivity contribution is -0.152. The van der Waals surface area contributed by atoms with Crippen LogP contribution in [0.3, 0.4) is 0 Å². The van der Waals surface area contributed by atoms with Gasteiger partial charge in [0.05, 0.1) is 19.3 Å². The van der Waals surface area contributed by atoms with Crippen molar-refractivity contribution in [3.05, 3.63) is 23.5 Å². The van der Waals surface area contributed by atoms with Gasteiger partial charge in [-0.25, -0.2) is 4.98 Å². The summed E-state index contributed by atoms with van der Waals surface area (Å²) >= 11 is 5.75. The Morgan fingerprint density at radius 2 is 2.22 bits per heavy atom. The highest BCUT2D eigenvalue weighted by Crippen LogP contribution is 2.20. The second-order valence-corrected chi connectivity index (χ2v) is 4.54.